The Labute approximate surface area is 108 Å². The molecule has 2 saturated heterocycles. The molecule has 5 heteroatoms. The van der Waals surface area contributed by atoms with Crippen molar-refractivity contribution in [3.05, 3.63) is 0 Å². The van der Waals surface area contributed by atoms with Gasteiger partial charge in [-0.05, 0) is 32.4 Å². The van der Waals surface area contributed by atoms with E-state index in [1.807, 2.05) is 14.0 Å². The van der Waals surface area contributed by atoms with E-state index in [0.29, 0.717) is 6.54 Å². The zero-order valence-corrected chi connectivity index (χ0v) is 11.4. The van der Waals surface area contributed by atoms with E-state index in [9.17, 15) is 9.59 Å². The standard InChI is InChI=1S/C13H23N3O2/c1-13(4-6-14-7-5-13)12(18)16-9-3-8-15(2)11(17)10-16/h14H,3-10H2,1-2H3. The van der Waals surface area contributed by atoms with Crippen molar-refractivity contribution in [1.82, 2.24) is 15.1 Å². The Morgan fingerprint density at radius 2 is 1.94 bits per heavy atom. The zero-order valence-electron chi connectivity index (χ0n) is 11.4. The van der Waals surface area contributed by atoms with Gasteiger partial charge in [0.05, 0.1) is 6.54 Å². The highest BCUT2D eigenvalue weighted by Crippen LogP contribution is 2.30. The Bertz CT molecular complexity index is 337. The van der Waals surface area contributed by atoms with Gasteiger partial charge in [0, 0.05) is 25.6 Å². The fourth-order valence-electron chi connectivity index (χ4n) is 2.73. The van der Waals surface area contributed by atoms with Crippen molar-refractivity contribution in [3.8, 4) is 0 Å². The van der Waals surface area contributed by atoms with Crippen LogP contribution in [0.15, 0.2) is 0 Å². The summed E-state index contributed by atoms with van der Waals surface area (Å²) < 4.78 is 0. The summed E-state index contributed by atoms with van der Waals surface area (Å²) in [4.78, 5) is 27.9. The molecule has 0 aliphatic carbocycles. The largest absolute Gasteiger partial charge is 0.344 e. The molecule has 0 radical (unpaired) electrons. The highest BCUT2D eigenvalue weighted by molar-refractivity contribution is 5.88. The van der Waals surface area contributed by atoms with Crippen LogP contribution in [-0.2, 0) is 9.59 Å². The van der Waals surface area contributed by atoms with Crippen LogP contribution in [0.5, 0.6) is 0 Å². The van der Waals surface area contributed by atoms with Gasteiger partial charge < -0.3 is 15.1 Å². The van der Waals surface area contributed by atoms with Crippen LogP contribution >= 0.6 is 0 Å². The van der Waals surface area contributed by atoms with Crippen molar-refractivity contribution in [2.45, 2.75) is 26.2 Å². The summed E-state index contributed by atoms with van der Waals surface area (Å²) in [6.45, 7) is 5.53. The van der Waals surface area contributed by atoms with Gasteiger partial charge in [0.25, 0.3) is 0 Å². The second kappa shape index (κ2) is 5.26. The molecule has 18 heavy (non-hydrogen) atoms. The molecule has 0 saturated carbocycles. The smallest absolute Gasteiger partial charge is 0.241 e. The number of hydrogen-bond donors (Lipinski definition) is 1. The van der Waals surface area contributed by atoms with Crippen LogP contribution in [0.1, 0.15) is 26.2 Å². The maximum atomic E-state index is 12.6. The van der Waals surface area contributed by atoms with Crippen LogP contribution in [-0.4, -0.2) is 61.4 Å². The molecular weight excluding hydrogens is 230 g/mol. The SMILES string of the molecule is CN1CCCN(C(=O)C2(C)CCNCC2)CC1=O. The molecule has 102 valence electrons. The monoisotopic (exact) mass is 253 g/mol. The van der Waals surface area contributed by atoms with Gasteiger partial charge >= 0.3 is 0 Å². The molecule has 0 aromatic rings. The van der Waals surface area contributed by atoms with Gasteiger partial charge in [-0.15, -0.1) is 0 Å². The van der Waals surface area contributed by atoms with Crippen molar-refractivity contribution < 1.29 is 9.59 Å². The van der Waals surface area contributed by atoms with Gasteiger partial charge in [-0.25, -0.2) is 0 Å². The van der Waals surface area contributed by atoms with Gasteiger partial charge in [-0.2, -0.15) is 0 Å². The minimum absolute atomic E-state index is 0.0541. The molecule has 1 N–H and O–H groups in total. The molecule has 2 heterocycles. The summed E-state index contributed by atoms with van der Waals surface area (Å²) >= 11 is 0. The van der Waals surface area contributed by atoms with Gasteiger partial charge in [-0.1, -0.05) is 6.92 Å². The average molecular weight is 253 g/mol. The lowest BCUT2D eigenvalue weighted by atomic mass is 9.79. The van der Waals surface area contributed by atoms with Crippen molar-refractivity contribution >= 4 is 11.8 Å². The summed E-state index contributed by atoms with van der Waals surface area (Å²) in [6, 6.07) is 0. The molecule has 2 aliphatic rings. The first kappa shape index (κ1) is 13.3. The first-order valence-electron chi connectivity index (χ1n) is 6.77. The molecule has 2 aliphatic heterocycles. The molecule has 2 fully saturated rings. The lowest BCUT2D eigenvalue weighted by molar-refractivity contribution is -0.146. The number of rotatable bonds is 1. The number of nitrogens with one attached hydrogen (secondary N) is 1. The number of likely N-dealkylation sites (N-methyl/N-ethyl adjacent to an activating group) is 1. The fourth-order valence-corrected chi connectivity index (χ4v) is 2.73. The maximum Gasteiger partial charge on any atom is 0.241 e. The third kappa shape index (κ3) is 2.66. The summed E-state index contributed by atoms with van der Waals surface area (Å²) in [5, 5.41) is 3.28. The highest BCUT2D eigenvalue weighted by atomic mass is 16.2. The summed E-state index contributed by atoms with van der Waals surface area (Å²) in [5.74, 6) is 0.214. The third-order valence-electron chi connectivity index (χ3n) is 4.18. The van der Waals surface area contributed by atoms with E-state index in [1.54, 1.807) is 9.80 Å². The van der Waals surface area contributed by atoms with Crippen molar-refractivity contribution in [1.29, 1.82) is 0 Å². The number of nitrogens with zero attached hydrogens (tertiary/aromatic N) is 2. The summed E-state index contributed by atoms with van der Waals surface area (Å²) in [7, 11) is 1.81. The van der Waals surface area contributed by atoms with Crippen LogP contribution in [0.25, 0.3) is 0 Å². The lowest BCUT2D eigenvalue weighted by Crippen LogP contribution is -2.49. The van der Waals surface area contributed by atoms with Crippen LogP contribution in [0.3, 0.4) is 0 Å². The Hall–Kier alpha value is -1.10. The molecule has 0 bridgehead atoms. The first-order valence-corrected chi connectivity index (χ1v) is 6.77. The van der Waals surface area contributed by atoms with Crippen LogP contribution in [0, 0.1) is 5.41 Å². The third-order valence-corrected chi connectivity index (χ3v) is 4.18. The second-order valence-corrected chi connectivity index (χ2v) is 5.71. The topological polar surface area (TPSA) is 52.6 Å². The molecule has 2 amide bonds. The van der Waals surface area contributed by atoms with Crippen LogP contribution in [0.4, 0.5) is 0 Å². The highest BCUT2D eigenvalue weighted by Gasteiger charge is 2.38. The lowest BCUT2D eigenvalue weighted by Gasteiger charge is -2.36. The Morgan fingerprint density at radius 3 is 2.61 bits per heavy atom. The molecular formula is C13H23N3O2. The first-order chi connectivity index (χ1) is 8.53. The molecule has 5 nitrogen and oxygen atoms in total. The van der Waals surface area contributed by atoms with Gasteiger partial charge in [0.1, 0.15) is 0 Å². The predicted octanol–water partition coefficient (Wildman–Crippen LogP) is 0.0668. The van der Waals surface area contributed by atoms with E-state index in [4.69, 9.17) is 0 Å². The molecule has 0 aromatic heterocycles. The predicted molar refractivity (Wildman–Crippen MR) is 69.0 cm³/mol. The minimum atomic E-state index is -0.283. The van der Waals surface area contributed by atoms with E-state index in [1.165, 1.54) is 0 Å². The number of amides is 2. The quantitative estimate of drug-likeness (QED) is 0.719. The minimum Gasteiger partial charge on any atom is -0.344 e. The number of carbonyl (C=O) groups excluding carboxylic acids is 2. The van der Waals surface area contributed by atoms with E-state index in [0.717, 1.165) is 38.9 Å². The van der Waals surface area contributed by atoms with Crippen molar-refractivity contribution in [2.75, 3.05) is 39.8 Å². The molecule has 0 aromatic carbocycles. The van der Waals surface area contributed by atoms with E-state index >= 15 is 0 Å². The van der Waals surface area contributed by atoms with Crippen LogP contribution < -0.4 is 5.32 Å². The Balaban J connectivity index is 2.05. The molecule has 0 atom stereocenters. The average Bonchev–Trinajstić information content (AvgIpc) is 2.52. The Morgan fingerprint density at radius 1 is 1.28 bits per heavy atom. The number of piperidine rings is 1. The van der Waals surface area contributed by atoms with Gasteiger partial charge in [0.15, 0.2) is 0 Å². The van der Waals surface area contributed by atoms with Crippen LogP contribution in [0.2, 0.25) is 0 Å². The van der Waals surface area contributed by atoms with Gasteiger partial charge in [0.2, 0.25) is 11.8 Å². The van der Waals surface area contributed by atoms with E-state index in [-0.39, 0.29) is 23.8 Å². The van der Waals surface area contributed by atoms with Crippen molar-refractivity contribution in [3.63, 3.8) is 0 Å². The fraction of sp³-hybridized carbons (Fsp3) is 0.846. The maximum absolute atomic E-state index is 12.6. The molecule has 2 rings (SSSR count). The summed E-state index contributed by atoms with van der Waals surface area (Å²) in [5.41, 5.74) is -0.283. The van der Waals surface area contributed by atoms with E-state index < -0.39 is 0 Å². The Kier molecular flexibility index (Phi) is 3.90. The molecule has 0 spiro atoms. The zero-order chi connectivity index (χ0) is 13.2. The van der Waals surface area contributed by atoms with Gasteiger partial charge in [-0.3, -0.25) is 9.59 Å². The number of carbonyl (C=O) groups is 2. The normalized spacial score (nSPS) is 24.9. The van der Waals surface area contributed by atoms with E-state index in [2.05, 4.69) is 5.32 Å². The number of hydrogen-bond acceptors (Lipinski definition) is 3. The second-order valence-electron chi connectivity index (χ2n) is 5.71. The molecule has 0 unspecified atom stereocenters. The van der Waals surface area contributed by atoms with Crippen molar-refractivity contribution in [2.24, 2.45) is 5.41 Å². The summed E-state index contributed by atoms with van der Waals surface area (Å²) in [6.07, 6.45) is 2.61.